The lowest BCUT2D eigenvalue weighted by Crippen LogP contribution is -2.32. The number of hydrogen-bond acceptors (Lipinski definition) is 1. The van der Waals surface area contributed by atoms with Crippen LogP contribution in [0.25, 0.3) is 0 Å². The highest BCUT2D eigenvalue weighted by atomic mass is 16.1. The van der Waals surface area contributed by atoms with Crippen LogP contribution in [0.5, 0.6) is 0 Å². The van der Waals surface area contributed by atoms with E-state index in [9.17, 15) is 4.79 Å². The van der Waals surface area contributed by atoms with Gasteiger partial charge >= 0.3 is 0 Å². The molecule has 0 unspecified atom stereocenters. The first-order valence-corrected chi connectivity index (χ1v) is 4.87. The Kier molecular flexibility index (Phi) is 5.77. The number of nitrogens with one attached hydrogen (secondary N) is 1. The molecule has 0 saturated carbocycles. The van der Waals surface area contributed by atoms with Crippen LogP contribution in [-0.2, 0) is 4.79 Å². The first-order chi connectivity index (χ1) is 5.59. The summed E-state index contributed by atoms with van der Waals surface area (Å²) in [6.07, 6.45) is 2.22. The van der Waals surface area contributed by atoms with E-state index in [2.05, 4.69) is 26.1 Å². The molecular formula is C10H21NO. The van der Waals surface area contributed by atoms with E-state index in [0.29, 0.717) is 5.92 Å². The minimum absolute atomic E-state index is 0.141. The zero-order chi connectivity index (χ0) is 9.56. The lowest BCUT2D eigenvalue weighted by Gasteiger charge is -2.14. The Bertz CT molecular complexity index is 132. The number of carbonyl (C=O) groups is 1. The molecule has 72 valence electrons. The zero-order valence-electron chi connectivity index (χ0n) is 8.68. The maximum atomic E-state index is 11.3. The fraction of sp³-hybridized carbons (Fsp3) is 0.900. The van der Waals surface area contributed by atoms with Crippen molar-refractivity contribution in [2.24, 2.45) is 11.8 Å². The fourth-order valence-electron chi connectivity index (χ4n) is 0.852. The summed E-state index contributed by atoms with van der Waals surface area (Å²) < 4.78 is 0. The van der Waals surface area contributed by atoms with Gasteiger partial charge in [0.1, 0.15) is 0 Å². The summed E-state index contributed by atoms with van der Waals surface area (Å²) in [6, 6.07) is 0. The number of hydrogen-bond donors (Lipinski definition) is 1. The maximum absolute atomic E-state index is 11.3. The van der Waals surface area contributed by atoms with Gasteiger partial charge in [-0.25, -0.2) is 0 Å². The minimum Gasteiger partial charge on any atom is -0.356 e. The molecule has 0 aromatic carbocycles. The van der Waals surface area contributed by atoms with Crippen molar-refractivity contribution in [3.63, 3.8) is 0 Å². The van der Waals surface area contributed by atoms with E-state index < -0.39 is 0 Å². The quantitative estimate of drug-likeness (QED) is 0.631. The molecule has 0 rings (SSSR count). The molecule has 0 bridgehead atoms. The second-order valence-corrected chi connectivity index (χ2v) is 3.68. The molecular weight excluding hydrogens is 150 g/mol. The zero-order valence-corrected chi connectivity index (χ0v) is 8.68. The summed E-state index contributed by atoms with van der Waals surface area (Å²) >= 11 is 0. The van der Waals surface area contributed by atoms with Gasteiger partial charge in [-0.3, -0.25) is 4.79 Å². The molecule has 2 heteroatoms. The van der Waals surface area contributed by atoms with Crippen molar-refractivity contribution in [3.8, 4) is 0 Å². The maximum Gasteiger partial charge on any atom is 0.223 e. The predicted octanol–water partition coefficient (Wildman–Crippen LogP) is 2.19. The van der Waals surface area contributed by atoms with Gasteiger partial charge in [-0.05, 0) is 12.3 Å². The highest BCUT2D eigenvalue weighted by molar-refractivity contribution is 5.78. The van der Waals surface area contributed by atoms with Crippen LogP contribution in [0.15, 0.2) is 0 Å². The van der Waals surface area contributed by atoms with Gasteiger partial charge in [-0.2, -0.15) is 0 Å². The largest absolute Gasteiger partial charge is 0.356 e. The van der Waals surface area contributed by atoms with Crippen LogP contribution in [0.4, 0.5) is 0 Å². The normalized spacial score (nSPS) is 13.1. The van der Waals surface area contributed by atoms with Crippen molar-refractivity contribution in [1.29, 1.82) is 0 Å². The lowest BCUT2D eigenvalue weighted by atomic mass is 9.97. The van der Waals surface area contributed by atoms with Crippen LogP contribution in [0.3, 0.4) is 0 Å². The monoisotopic (exact) mass is 171 g/mol. The van der Waals surface area contributed by atoms with E-state index in [0.717, 1.165) is 19.4 Å². The molecule has 0 aliphatic rings. The molecule has 0 radical (unpaired) electrons. The second-order valence-electron chi connectivity index (χ2n) is 3.68. The van der Waals surface area contributed by atoms with Gasteiger partial charge in [0, 0.05) is 12.5 Å². The van der Waals surface area contributed by atoms with Gasteiger partial charge in [0.2, 0.25) is 5.91 Å². The summed E-state index contributed by atoms with van der Waals surface area (Å²) in [5.41, 5.74) is 0. The van der Waals surface area contributed by atoms with Gasteiger partial charge < -0.3 is 5.32 Å². The molecule has 12 heavy (non-hydrogen) atoms. The summed E-state index contributed by atoms with van der Waals surface area (Å²) in [7, 11) is 0. The van der Waals surface area contributed by atoms with Gasteiger partial charge in [-0.1, -0.05) is 34.1 Å². The van der Waals surface area contributed by atoms with Crippen molar-refractivity contribution in [1.82, 2.24) is 5.32 Å². The summed E-state index contributed by atoms with van der Waals surface area (Å²) in [5, 5.41) is 2.93. The minimum atomic E-state index is 0.141. The lowest BCUT2D eigenvalue weighted by molar-refractivity contribution is -0.125. The van der Waals surface area contributed by atoms with Crippen molar-refractivity contribution in [3.05, 3.63) is 0 Å². The number of carbonyl (C=O) groups excluding carboxylic acids is 1. The van der Waals surface area contributed by atoms with E-state index in [1.54, 1.807) is 0 Å². The van der Waals surface area contributed by atoms with Crippen LogP contribution >= 0.6 is 0 Å². The van der Waals surface area contributed by atoms with E-state index in [1.165, 1.54) is 0 Å². The van der Waals surface area contributed by atoms with E-state index in [4.69, 9.17) is 0 Å². The third kappa shape index (κ3) is 4.37. The van der Waals surface area contributed by atoms with Crippen molar-refractivity contribution >= 4 is 5.91 Å². The molecule has 1 atom stereocenters. The number of unbranched alkanes of at least 4 members (excludes halogenated alkanes) is 1. The topological polar surface area (TPSA) is 29.1 Å². The highest BCUT2D eigenvalue weighted by Crippen LogP contribution is 2.08. The molecule has 0 spiro atoms. The predicted molar refractivity (Wildman–Crippen MR) is 51.9 cm³/mol. The molecule has 0 aliphatic carbocycles. The molecule has 1 amide bonds. The second kappa shape index (κ2) is 6.04. The Labute approximate surface area is 75.7 Å². The molecule has 0 aromatic rings. The molecule has 0 fully saturated rings. The average molecular weight is 171 g/mol. The smallest absolute Gasteiger partial charge is 0.223 e. The molecule has 0 aliphatic heterocycles. The third-order valence-corrected chi connectivity index (χ3v) is 2.24. The van der Waals surface area contributed by atoms with Gasteiger partial charge in [0.05, 0.1) is 0 Å². The molecule has 1 N–H and O–H groups in total. The van der Waals surface area contributed by atoms with Crippen molar-refractivity contribution in [2.75, 3.05) is 6.54 Å². The average Bonchev–Trinajstić information content (AvgIpc) is 2.03. The first kappa shape index (κ1) is 11.5. The standard InChI is InChI=1S/C10H21NO/c1-5-6-7-11-10(12)9(4)8(2)3/h8-9H,5-7H2,1-4H3,(H,11,12)/t9-/m1/s1. The van der Waals surface area contributed by atoms with Gasteiger partial charge in [0.25, 0.3) is 0 Å². The Morgan fingerprint density at radius 1 is 1.33 bits per heavy atom. The summed E-state index contributed by atoms with van der Waals surface area (Å²) in [5.74, 6) is 0.770. The van der Waals surface area contributed by atoms with Crippen LogP contribution in [0.1, 0.15) is 40.5 Å². The molecule has 0 heterocycles. The first-order valence-electron chi connectivity index (χ1n) is 4.87. The number of rotatable bonds is 5. The molecule has 0 saturated heterocycles. The molecule has 0 aromatic heterocycles. The Hall–Kier alpha value is -0.530. The van der Waals surface area contributed by atoms with Crippen LogP contribution in [0, 0.1) is 11.8 Å². The summed E-state index contributed by atoms with van der Waals surface area (Å²) in [4.78, 5) is 11.3. The van der Waals surface area contributed by atoms with Gasteiger partial charge in [-0.15, -0.1) is 0 Å². The highest BCUT2D eigenvalue weighted by Gasteiger charge is 2.15. The van der Waals surface area contributed by atoms with E-state index in [1.807, 2.05) is 6.92 Å². The SMILES string of the molecule is CCCCNC(=O)[C@H](C)C(C)C. The van der Waals surface area contributed by atoms with Crippen LogP contribution in [-0.4, -0.2) is 12.5 Å². The molecule has 2 nitrogen and oxygen atoms in total. The Morgan fingerprint density at radius 2 is 1.92 bits per heavy atom. The third-order valence-electron chi connectivity index (χ3n) is 2.24. The van der Waals surface area contributed by atoms with E-state index in [-0.39, 0.29) is 11.8 Å². The van der Waals surface area contributed by atoms with Crippen molar-refractivity contribution in [2.45, 2.75) is 40.5 Å². The van der Waals surface area contributed by atoms with Crippen LogP contribution < -0.4 is 5.32 Å². The van der Waals surface area contributed by atoms with Gasteiger partial charge in [0.15, 0.2) is 0 Å². The Balaban J connectivity index is 3.57. The van der Waals surface area contributed by atoms with Crippen molar-refractivity contribution < 1.29 is 4.79 Å². The number of amides is 1. The van der Waals surface area contributed by atoms with E-state index >= 15 is 0 Å². The fourth-order valence-corrected chi connectivity index (χ4v) is 0.852. The van der Waals surface area contributed by atoms with Crippen LogP contribution in [0.2, 0.25) is 0 Å². The summed E-state index contributed by atoms with van der Waals surface area (Å²) in [6.45, 7) is 9.07. The Morgan fingerprint density at radius 3 is 2.33 bits per heavy atom.